The third kappa shape index (κ3) is 4.59. The molecule has 0 N–H and O–H groups in total. The SMILES string of the molecule is O=C1/C(=C/c2cccc(Oc3nc(Cl)ncc3F)c2)SC(=S)N1c1cccc([N+](=O)[O-])c1. The Hall–Kier alpha value is -3.41. The lowest BCUT2D eigenvalue weighted by Gasteiger charge is -2.13. The maximum Gasteiger partial charge on any atom is 0.271 e. The van der Waals surface area contributed by atoms with Crippen molar-refractivity contribution < 1.29 is 18.8 Å². The molecule has 12 heteroatoms. The van der Waals surface area contributed by atoms with Crippen molar-refractivity contribution in [1.29, 1.82) is 0 Å². The van der Waals surface area contributed by atoms with Gasteiger partial charge in [0.15, 0.2) is 4.32 Å². The van der Waals surface area contributed by atoms with E-state index in [-0.39, 0.29) is 26.9 Å². The summed E-state index contributed by atoms with van der Waals surface area (Å²) >= 11 is 12.0. The summed E-state index contributed by atoms with van der Waals surface area (Å²) in [5.74, 6) is -1.26. The molecule has 3 aromatic rings. The lowest BCUT2D eigenvalue weighted by atomic mass is 10.2. The highest BCUT2D eigenvalue weighted by molar-refractivity contribution is 8.27. The maximum atomic E-state index is 13.8. The van der Waals surface area contributed by atoms with Gasteiger partial charge in [0.2, 0.25) is 11.1 Å². The van der Waals surface area contributed by atoms with Crippen molar-refractivity contribution in [3.05, 3.63) is 86.4 Å². The van der Waals surface area contributed by atoms with E-state index in [1.165, 1.54) is 23.1 Å². The van der Waals surface area contributed by atoms with E-state index >= 15 is 0 Å². The van der Waals surface area contributed by atoms with Crippen molar-refractivity contribution >= 4 is 63.3 Å². The highest BCUT2D eigenvalue weighted by atomic mass is 35.5. The standard InChI is InChI=1S/C20H10ClFN4O4S2/c21-19-23-10-15(22)17(24-19)30-14-6-1-3-11(7-14)8-16-18(27)25(20(31)32-16)12-4-2-5-13(9-12)26(28)29/h1-10H/b16-8-. The minimum Gasteiger partial charge on any atom is -0.436 e. The van der Waals surface area contributed by atoms with E-state index in [2.05, 4.69) is 9.97 Å². The first-order chi connectivity index (χ1) is 15.3. The minimum atomic E-state index is -0.780. The summed E-state index contributed by atoms with van der Waals surface area (Å²) in [5, 5.41) is 10.9. The van der Waals surface area contributed by atoms with Crippen LogP contribution in [-0.2, 0) is 4.79 Å². The van der Waals surface area contributed by atoms with Crippen LogP contribution in [0.25, 0.3) is 6.08 Å². The molecule has 1 aromatic heterocycles. The summed E-state index contributed by atoms with van der Waals surface area (Å²) in [5.41, 5.74) is 0.739. The van der Waals surface area contributed by atoms with Crippen LogP contribution in [0.15, 0.2) is 59.6 Å². The number of ether oxygens (including phenoxy) is 1. The molecule has 1 aliphatic heterocycles. The first-order valence-corrected chi connectivity index (χ1v) is 10.4. The van der Waals surface area contributed by atoms with Gasteiger partial charge in [0.05, 0.1) is 21.7 Å². The normalized spacial score (nSPS) is 14.8. The molecular weight excluding hydrogens is 479 g/mol. The number of benzene rings is 2. The number of aromatic nitrogens is 2. The number of non-ortho nitro benzene ring substituents is 1. The van der Waals surface area contributed by atoms with Crippen LogP contribution in [0.3, 0.4) is 0 Å². The number of thioether (sulfide) groups is 1. The third-order valence-electron chi connectivity index (χ3n) is 4.15. The van der Waals surface area contributed by atoms with Crippen LogP contribution in [0.4, 0.5) is 15.8 Å². The van der Waals surface area contributed by atoms with Gasteiger partial charge < -0.3 is 4.74 Å². The highest BCUT2D eigenvalue weighted by Crippen LogP contribution is 2.37. The van der Waals surface area contributed by atoms with Crippen molar-refractivity contribution in [3.8, 4) is 11.6 Å². The Bertz CT molecular complexity index is 1300. The topological polar surface area (TPSA) is 98.5 Å². The van der Waals surface area contributed by atoms with Crippen molar-refractivity contribution in [2.75, 3.05) is 4.90 Å². The van der Waals surface area contributed by atoms with Crippen LogP contribution in [-0.4, -0.2) is 25.1 Å². The van der Waals surface area contributed by atoms with Gasteiger partial charge in [-0.2, -0.15) is 9.37 Å². The Morgan fingerprint density at radius 2 is 2.03 bits per heavy atom. The second-order valence-corrected chi connectivity index (χ2v) is 8.27. The number of carbonyl (C=O) groups excluding carboxylic acids is 1. The second-order valence-electron chi connectivity index (χ2n) is 6.26. The van der Waals surface area contributed by atoms with E-state index in [4.69, 9.17) is 28.6 Å². The zero-order valence-corrected chi connectivity index (χ0v) is 18.2. The number of thiocarbonyl (C=S) groups is 1. The number of halogens is 2. The summed E-state index contributed by atoms with van der Waals surface area (Å²) in [4.78, 5) is 32.2. The molecule has 2 aromatic carbocycles. The molecule has 0 spiro atoms. The van der Waals surface area contributed by atoms with Gasteiger partial charge in [0, 0.05) is 12.1 Å². The van der Waals surface area contributed by atoms with Crippen LogP contribution in [0.5, 0.6) is 11.6 Å². The molecule has 1 fully saturated rings. The van der Waals surface area contributed by atoms with Crippen molar-refractivity contribution in [2.24, 2.45) is 0 Å². The molecule has 8 nitrogen and oxygen atoms in total. The fraction of sp³-hybridized carbons (Fsp3) is 0. The molecule has 2 heterocycles. The zero-order valence-electron chi connectivity index (χ0n) is 15.8. The Labute approximate surface area is 194 Å². The van der Waals surface area contributed by atoms with E-state index in [9.17, 15) is 19.3 Å². The lowest BCUT2D eigenvalue weighted by molar-refractivity contribution is -0.384. The highest BCUT2D eigenvalue weighted by Gasteiger charge is 2.34. The van der Waals surface area contributed by atoms with Gasteiger partial charge in [0.25, 0.3) is 17.5 Å². The van der Waals surface area contributed by atoms with Crippen molar-refractivity contribution in [2.45, 2.75) is 0 Å². The van der Waals surface area contributed by atoms with Crippen molar-refractivity contribution in [1.82, 2.24) is 9.97 Å². The van der Waals surface area contributed by atoms with Crippen LogP contribution in [0.1, 0.15) is 5.56 Å². The molecule has 0 atom stereocenters. The van der Waals surface area contributed by atoms with E-state index in [1.807, 2.05) is 0 Å². The molecule has 1 saturated heterocycles. The number of anilines is 1. The zero-order chi connectivity index (χ0) is 22.8. The first-order valence-electron chi connectivity index (χ1n) is 8.80. The van der Waals surface area contributed by atoms with E-state index in [0.29, 0.717) is 16.2 Å². The van der Waals surface area contributed by atoms with Crippen LogP contribution in [0.2, 0.25) is 5.28 Å². The molecule has 0 unspecified atom stereocenters. The minimum absolute atomic E-state index is 0.151. The Morgan fingerprint density at radius 3 is 2.81 bits per heavy atom. The van der Waals surface area contributed by atoms with Gasteiger partial charge in [-0.3, -0.25) is 19.8 Å². The molecule has 0 saturated carbocycles. The van der Waals surface area contributed by atoms with Crippen molar-refractivity contribution in [3.63, 3.8) is 0 Å². The van der Waals surface area contributed by atoms with E-state index in [0.717, 1.165) is 18.0 Å². The number of carbonyl (C=O) groups is 1. The van der Waals surface area contributed by atoms with Crippen LogP contribution in [0, 0.1) is 15.9 Å². The Balaban J connectivity index is 1.59. The van der Waals surface area contributed by atoms with Gasteiger partial charge >= 0.3 is 0 Å². The number of rotatable bonds is 5. The Morgan fingerprint density at radius 1 is 1.25 bits per heavy atom. The van der Waals surface area contributed by atoms with Gasteiger partial charge in [-0.1, -0.05) is 42.2 Å². The number of amides is 1. The summed E-state index contributed by atoms with van der Waals surface area (Å²) in [7, 11) is 0. The predicted octanol–water partition coefficient (Wildman–Crippen LogP) is 5.38. The average molecular weight is 489 g/mol. The Kier molecular flexibility index (Phi) is 6.12. The van der Waals surface area contributed by atoms with Crippen LogP contribution >= 0.6 is 35.6 Å². The predicted molar refractivity (Wildman–Crippen MR) is 122 cm³/mol. The molecule has 0 bridgehead atoms. The fourth-order valence-corrected chi connectivity index (χ4v) is 4.19. The molecular formula is C20H10ClFN4O4S2. The molecule has 160 valence electrons. The lowest BCUT2D eigenvalue weighted by Crippen LogP contribution is -2.27. The number of hydrogen-bond acceptors (Lipinski definition) is 8. The third-order valence-corrected chi connectivity index (χ3v) is 5.63. The fourth-order valence-electron chi connectivity index (χ4n) is 2.77. The first kappa shape index (κ1) is 21.8. The second kappa shape index (κ2) is 8.99. The average Bonchev–Trinajstić information content (AvgIpc) is 3.04. The quantitative estimate of drug-likeness (QED) is 0.155. The van der Waals surface area contributed by atoms with Gasteiger partial charge in [-0.15, -0.1) is 0 Å². The summed E-state index contributed by atoms with van der Waals surface area (Å²) in [6.45, 7) is 0. The molecule has 0 radical (unpaired) electrons. The summed E-state index contributed by atoms with van der Waals surface area (Å²) < 4.78 is 19.5. The number of hydrogen-bond donors (Lipinski definition) is 0. The number of nitro benzene ring substituents is 1. The van der Waals surface area contributed by atoms with E-state index < -0.39 is 16.6 Å². The van der Waals surface area contributed by atoms with Gasteiger partial charge in [-0.05, 0) is 41.4 Å². The summed E-state index contributed by atoms with van der Waals surface area (Å²) in [6, 6.07) is 12.2. The molecule has 1 amide bonds. The van der Waals surface area contributed by atoms with Gasteiger partial charge in [0.1, 0.15) is 5.75 Å². The van der Waals surface area contributed by atoms with E-state index in [1.54, 1.807) is 36.4 Å². The molecule has 4 rings (SSSR count). The number of nitrogens with zero attached hydrogens (tertiary/aromatic N) is 4. The van der Waals surface area contributed by atoms with Crippen LogP contribution < -0.4 is 9.64 Å². The monoisotopic (exact) mass is 488 g/mol. The summed E-state index contributed by atoms with van der Waals surface area (Å²) in [6.07, 6.45) is 2.49. The van der Waals surface area contributed by atoms with Gasteiger partial charge in [-0.25, -0.2) is 4.98 Å². The number of nitro groups is 1. The smallest absolute Gasteiger partial charge is 0.271 e. The molecule has 1 aliphatic rings. The maximum absolute atomic E-state index is 13.8. The largest absolute Gasteiger partial charge is 0.436 e. The molecule has 0 aliphatic carbocycles. The molecule has 32 heavy (non-hydrogen) atoms.